The molecule has 1 fully saturated rings. The van der Waals surface area contributed by atoms with E-state index in [1.807, 2.05) is 0 Å². The van der Waals surface area contributed by atoms with Gasteiger partial charge in [-0.25, -0.2) is 0 Å². The van der Waals surface area contributed by atoms with Crippen LogP contribution in [0.1, 0.15) is 232 Å². The molecule has 9 heteroatoms. The molecular formula is C47H92O9. The fourth-order valence-corrected chi connectivity index (χ4v) is 7.73. The highest BCUT2D eigenvalue weighted by Crippen LogP contribution is 2.23. The molecule has 6 atom stereocenters. The molecule has 0 amide bonds. The Bertz CT molecular complexity index is 827. The monoisotopic (exact) mass is 801 g/mol. The molecule has 0 aliphatic carbocycles. The third-order valence-electron chi connectivity index (χ3n) is 11.5. The Morgan fingerprint density at radius 3 is 1.27 bits per heavy atom. The Labute approximate surface area is 344 Å². The summed E-state index contributed by atoms with van der Waals surface area (Å²) in [4.78, 5) is 12.8. The summed E-state index contributed by atoms with van der Waals surface area (Å²) in [6, 6.07) is 0. The first-order valence-electron chi connectivity index (χ1n) is 24.1. The molecule has 4 N–H and O–H groups in total. The summed E-state index contributed by atoms with van der Waals surface area (Å²) in [6.45, 7) is 4.61. The van der Waals surface area contributed by atoms with Crippen LogP contribution in [-0.4, -0.2) is 89.6 Å². The molecule has 6 unspecified atom stereocenters. The van der Waals surface area contributed by atoms with Crippen molar-refractivity contribution in [2.24, 2.45) is 0 Å². The quantitative estimate of drug-likeness (QED) is 0.0351. The van der Waals surface area contributed by atoms with Crippen LogP contribution in [0.15, 0.2) is 0 Å². The molecule has 0 aromatic carbocycles. The third kappa shape index (κ3) is 30.3. The maximum absolute atomic E-state index is 12.8. The van der Waals surface area contributed by atoms with Gasteiger partial charge in [-0.15, -0.1) is 0 Å². The van der Waals surface area contributed by atoms with Gasteiger partial charge in [0.2, 0.25) is 0 Å². The van der Waals surface area contributed by atoms with E-state index >= 15 is 0 Å². The number of aliphatic hydroxyl groups excluding tert-OH is 4. The van der Waals surface area contributed by atoms with Crippen molar-refractivity contribution in [2.45, 2.75) is 269 Å². The van der Waals surface area contributed by atoms with Crippen molar-refractivity contribution < 1.29 is 44.2 Å². The van der Waals surface area contributed by atoms with E-state index in [2.05, 4.69) is 13.8 Å². The Kier molecular flexibility index (Phi) is 37.7. The smallest absolute Gasteiger partial charge is 0.306 e. The lowest BCUT2D eigenvalue weighted by Gasteiger charge is -2.39. The van der Waals surface area contributed by atoms with E-state index in [4.69, 9.17) is 18.9 Å². The normalized spacial score (nSPS) is 20.4. The second-order valence-corrected chi connectivity index (χ2v) is 16.9. The second-order valence-electron chi connectivity index (χ2n) is 16.9. The summed E-state index contributed by atoms with van der Waals surface area (Å²) < 4.78 is 22.8. The van der Waals surface area contributed by atoms with Crippen molar-refractivity contribution >= 4 is 5.97 Å². The van der Waals surface area contributed by atoms with Crippen LogP contribution in [0.2, 0.25) is 0 Å². The van der Waals surface area contributed by atoms with Crippen LogP contribution >= 0.6 is 0 Å². The van der Waals surface area contributed by atoms with E-state index in [0.29, 0.717) is 13.0 Å². The highest BCUT2D eigenvalue weighted by Gasteiger charge is 2.44. The predicted molar refractivity (Wildman–Crippen MR) is 229 cm³/mol. The van der Waals surface area contributed by atoms with Crippen LogP contribution in [-0.2, 0) is 23.7 Å². The van der Waals surface area contributed by atoms with E-state index < -0.39 is 43.4 Å². The molecular weight excluding hydrogens is 709 g/mol. The molecule has 0 aromatic rings. The molecule has 0 saturated carbocycles. The first-order chi connectivity index (χ1) is 27.4. The van der Waals surface area contributed by atoms with Crippen molar-refractivity contribution in [1.29, 1.82) is 0 Å². The lowest BCUT2D eigenvalue weighted by molar-refractivity contribution is -0.305. The summed E-state index contributed by atoms with van der Waals surface area (Å²) in [6.07, 6.45) is 35.7. The SMILES string of the molecule is CCCCCCCCCCCCCCCCCCCCCCCOCC(COC1OC(CO)C(O)C(O)C1O)OC(=O)CCCCCCCCCCCCCC. The topological polar surface area (TPSA) is 135 Å². The van der Waals surface area contributed by atoms with Crippen molar-refractivity contribution in [3.63, 3.8) is 0 Å². The zero-order valence-electron chi connectivity index (χ0n) is 36.7. The lowest BCUT2D eigenvalue weighted by atomic mass is 9.99. The van der Waals surface area contributed by atoms with Gasteiger partial charge in [-0.1, -0.05) is 213 Å². The van der Waals surface area contributed by atoms with Crippen molar-refractivity contribution in [1.82, 2.24) is 0 Å². The van der Waals surface area contributed by atoms with Crippen molar-refractivity contribution in [3.05, 3.63) is 0 Å². The molecule has 9 nitrogen and oxygen atoms in total. The fraction of sp³-hybridized carbons (Fsp3) is 0.979. The number of aliphatic hydroxyl groups is 4. The molecule has 0 aromatic heterocycles. The summed E-state index contributed by atoms with van der Waals surface area (Å²) in [5.74, 6) is -0.308. The van der Waals surface area contributed by atoms with Crippen molar-refractivity contribution in [3.8, 4) is 0 Å². The van der Waals surface area contributed by atoms with Crippen LogP contribution in [0.5, 0.6) is 0 Å². The first-order valence-corrected chi connectivity index (χ1v) is 24.1. The number of esters is 1. The van der Waals surface area contributed by atoms with E-state index in [0.717, 1.165) is 32.1 Å². The molecule has 0 radical (unpaired) electrons. The number of unbranched alkanes of at least 4 members (excludes halogenated alkanes) is 31. The number of carbonyl (C=O) groups excluding carboxylic acids is 1. The second kappa shape index (κ2) is 39.6. The molecule has 334 valence electrons. The number of ether oxygens (including phenoxy) is 4. The zero-order chi connectivity index (χ0) is 40.7. The van der Waals surface area contributed by atoms with Crippen molar-refractivity contribution in [2.75, 3.05) is 26.4 Å². The predicted octanol–water partition coefficient (Wildman–Crippen LogP) is 11.0. The van der Waals surface area contributed by atoms with E-state index in [1.54, 1.807) is 0 Å². The lowest BCUT2D eigenvalue weighted by Crippen LogP contribution is -2.59. The van der Waals surface area contributed by atoms with Gasteiger partial charge in [0.25, 0.3) is 0 Å². The highest BCUT2D eigenvalue weighted by molar-refractivity contribution is 5.69. The average molecular weight is 801 g/mol. The van der Waals surface area contributed by atoms with E-state index in [-0.39, 0.29) is 19.2 Å². The van der Waals surface area contributed by atoms with E-state index in [1.165, 1.54) is 180 Å². The van der Waals surface area contributed by atoms with Gasteiger partial charge in [0.1, 0.15) is 30.5 Å². The summed E-state index contributed by atoms with van der Waals surface area (Å²) in [7, 11) is 0. The maximum atomic E-state index is 12.8. The molecule has 1 heterocycles. The number of carbonyl (C=O) groups is 1. The van der Waals surface area contributed by atoms with Gasteiger partial charge in [-0.3, -0.25) is 4.79 Å². The molecule has 1 aliphatic heterocycles. The molecule has 1 saturated heterocycles. The maximum Gasteiger partial charge on any atom is 0.306 e. The van der Waals surface area contributed by atoms with Gasteiger partial charge < -0.3 is 39.4 Å². The Hall–Kier alpha value is -0.810. The number of hydrogen-bond donors (Lipinski definition) is 4. The van der Waals surface area contributed by atoms with Gasteiger partial charge in [0.15, 0.2) is 6.29 Å². The minimum Gasteiger partial charge on any atom is -0.457 e. The van der Waals surface area contributed by atoms with Gasteiger partial charge in [0, 0.05) is 13.0 Å². The molecule has 56 heavy (non-hydrogen) atoms. The molecule has 1 aliphatic rings. The third-order valence-corrected chi connectivity index (χ3v) is 11.5. The van der Waals surface area contributed by atoms with Gasteiger partial charge >= 0.3 is 5.97 Å². The van der Waals surface area contributed by atoms with Gasteiger partial charge in [0.05, 0.1) is 19.8 Å². The van der Waals surface area contributed by atoms with Gasteiger partial charge in [-0.2, -0.15) is 0 Å². The molecule has 0 bridgehead atoms. The average Bonchev–Trinajstić information content (AvgIpc) is 3.20. The van der Waals surface area contributed by atoms with Crippen LogP contribution in [0.4, 0.5) is 0 Å². The summed E-state index contributed by atoms with van der Waals surface area (Å²) in [5, 5.41) is 40.1. The number of rotatable bonds is 42. The minimum absolute atomic E-state index is 0.105. The standard InChI is InChI=1S/C47H92O9/c1-3-5-7-9-11-13-15-17-18-19-20-21-22-23-24-25-27-29-31-33-35-37-53-39-41(40-54-47-46(52)45(51)44(50)42(38-48)56-47)55-43(49)36-34-32-30-28-26-16-14-12-10-8-6-4-2/h41-42,44-48,50-52H,3-40H2,1-2H3. The Morgan fingerprint density at radius 2 is 0.875 bits per heavy atom. The minimum atomic E-state index is -1.53. The zero-order valence-corrected chi connectivity index (χ0v) is 36.7. The molecule has 0 spiro atoms. The summed E-state index contributed by atoms with van der Waals surface area (Å²) in [5.41, 5.74) is 0. The largest absolute Gasteiger partial charge is 0.457 e. The summed E-state index contributed by atoms with van der Waals surface area (Å²) >= 11 is 0. The van der Waals surface area contributed by atoms with Crippen LogP contribution in [0, 0.1) is 0 Å². The Morgan fingerprint density at radius 1 is 0.500 bits per heavy atom. The molecule has 1 rings (SSSR count). The van der Waals surface area contributed by atoms with Crippen LogP contribution in [0.25, 0.3) is 0 Å². The van der Waals surface area contributed by atoms with Crippen LogP contribution in [0.3, 0.4) is 0 Å². The first kappa shape index (κ1) is 53.2. The van der Waals surface area contributed by atoms with Gasteiger partial charge in [-0.05, 0) is 12.8 Å². The Balaban J connectivity index is 2.17. The fourth-order valence-electron chi connectivity index (χ4n) is 7.73. The highest BCUT2D eigenvalue weighted by atomic mass is 16.7. The number of hydrogen-bond acceptors (Lipinski definition) is 9. The van der Waals surface area contributed by atoms with E-state index in [9.17, 15) is 25.2 Å². The van der Waals surface area contributed by atoms with Crippen LogP contribution < -0.4 is 0 Å².